The molecule has 0 radical (unpaired) electrons. The molecular weight excluding hydrogens is 266 g/mol. The van der Waals surface area contributed by atoms with Crippen LogP contribution in [0.25, 0.3) is 0 Å². The summed E-state index contributed by atoms with van der Waals surface area (Å²) in [5, 5.41) is 0. The normalized spacial score (nSPS) is 15.1. The number of carbonyl (C=O) groups excluding carboxylic acids is 1. The lowest BCUT2D eigenvalue weighted by Crippen LogP contribution is -2.34. The maximum absolute atomic E-state index is 12.1. The van der Waals surface area contributed by atoms with E-state index in [4.69, 9.17) is 4.74 Å². The highest BCUT2D eigenvalue weighted by Gasteiger charge is 2.22. The molecule has 1 aliphatic rings. The van der Waals surface area contributed by atoms with Crippen LogP contribution in [0.2, 0.25) is 0 Å². The first kappa shape index (κ1) is 15.6. The van der Waals surface area contributed by atoms with E-state index in [2.05, 4.69) is 9.88 Å². The molecule has 2 heterocycles. The van der Waals surface area contributed by atoms with Crippen molar-refractivity contribution in [2.75, 3.05) is 25.0 Å². The Labute approximate surface area is 126 Å². The first-order chi connectivity index (χ1) is 9.87. The topological polar surface area (TPSA) is 45.7 Å². The quantitative estimate of drug-likeness (QED) is 0.858. The zero-order valence-electron chi connectivity index (χ0n) is 13.4. The lowest BCUT2D eigenvalue weighted by atomic mass is 10.2. The fraction of sp³-hybridized carbons (Fsp3) is 0.625. The Hall–Kier alpha value is -1.78. The average Bonchev–Trinajstić information content (AvgIpc) is 2.91. The van der Waals surface area contributed by atoms with Gasteiger partial charge in [0, 0.05) is 26.3 Å². The van der Waals surface area contributed by atoms with Gasteiger partial charge in [-0.2, -0.15) is 0 Å². The summed E-state index contributed by atoms with van der Waals surface area (Å²) in [6.45, 7) is 8.29. The molecule has 0 atom stereocenters. The zero-order chi connectivity index (χ0) is 15.5. The van der Waals surface area contributed by atoms with Crippen molar-refractivity contribution in [3.63, 3.8) is 0 Å². The second-order valence-corrected chi connectivity index (χ2v) is 6.53. The number of aromatic nitrogens is 1. The van der Waals surface area contributed by atoms with E-state index in [9.17, 15) is 4.79 Å². The van der Waals surface area contributed by atoms with Crippen LogP contribution in [-0.2, 0) is 11.3 Å². The molecule has 1 aromatic rings. The van der Waals surface area contributed by atoms with Crippen LogP contribution >= 0.6 is 0 Å². The second-order valence-electron chi connectivity index (χ2n) is 6.53. The molecule has 0 spiro atoms. The number of ether oxygens (including phenoxy) is 1. The van der Waals surface area contributed by atoms with Gasteiger partial charge in [0.25, 0.3) is 0 Å². The predicted octanol–water partition coefficient (Wildman–Crippen LogP) is 3.05. The van der Waals surface area contributed by atoms with Crippen LogP contribution < -0.4 is 4.90 Å². The molecule has 0 aliphatic carbocycles. The van der Waals surface area contributed by atoms with E-state index in [0.29, 0.717) is 6.54 Å². The molecule has 0 saturated carbocycles. The molecular formula is C16H25N3O2. The highest BCUT2D eigenvalue weighted by molar-refractivity contribution is 5.68. The van der Waals surface area contributed by atoms with Gasteiger partial charge in [-0.05, 0) is 45.2 Å². The Morgan fingerprint density at radius 2 is 2.05 bits per heavy atom. The Bertz CT molecular complexity index is 491. The van der Waals surface area contributed by atoms with Crippen LogP contribution in [0.15, 0.2) is 18.5 Å². The monoisotopic (exact) mass is 291 g/mol. The molecule has 0 aromatic carbocycles. The Morgan fingerprint density at radius 1 is 1.38 bits per heavy atom. The zero-order valence-corrected chi connectivity index (χ0v) is 13.4. The van der Waals surface area contributed by atoms with Crippen LogP contribution in [0.1, 0.15) is 39.2 Å². The summed E-state index contributed by atoms with van der Waals surface area (Å²) < 4.78 is 5.39. The summed E-state index contributed by atoms with van der Waals surface area (Å²) in [5.41, 5.74) is 1.77. The van der Waals surface area contributed by atoms with Gasteiger partial charge in [-0.1, -0.05) is 0 Å². The van der Waals surface area contributed by atoms with E-state index in [1.807, 2.05) is 33.0 Å². The lowest BCUT2D eigenvalue weighted by Gasteiger charge is -2.26. The van der Waals surface area contributed by atoms with Crippen LogP contribution in [-0.4, -0.2) is 41.7 Å². The van der Waals surface area contributed by atoms with Crippen molar-refractivity contribution in [1.82, 2.24) is 9.88 Å². The SMILES string of the molecule is CN(Cc1ccncc1N1CCCC1)C(=O)OC(C)(C)C. The van der Waals surface area contributed by atoms with Gasteiger partial charge in [-0.3, -0.25) is 4.98 Å². The summed E-state index contributed by atoms with van der Waals surface area (Å²) in [6.07, 6.45) is 5.81. The number of hydrogen-bond acceptors (Lipinski definition) is 4. The van der Waals surface area contributed by atoms with Crippen molar-refractivity contribution in [2.45, 2.75) is 45.8 Å². The van der Waals surface area contributed by atoms with Gasteiger partial charge in [0.05, 0.1) is 18.4 Å². The number of pyridine rings is 1. The van der Waals surface area contributed by atoms with Gasteiger partial charge >= 0.3 is 6.09 Å². The minimum absolute atomic E-state index is 0.299. The number of rotatable bonds is 3. The molecule has 1 amide bonds. The summed E-state index contributed by atoms with van der Waals surface area (Å²) in [5.74, 6) is 0. The maximum Gasteiger partial charge on any atom is 0.410 e. The van der Waals surface area contributed by atoms with Gasteiger partial charge in [-0.15, -0.1) is 0 Å². The summed E-state index contributed by atoms with van der Waals surface area (Å²) in [7, 11) is 1.77. The Morgan fingerprint density at radius 3 is 2.67 bits per heavy atom. The molecule has 5 nitrogen and oxygen atoms in total. The van der Waals surface area contributed by atoms with E-state index >= 15 is 0 Å². The van der Waals surface area contributed by atoms with Gasteiger partial charge in [0.1, 0.15) is 5.60 Å². The van der Waals surface area contributed by atoms with E-state index in [1.54, 1.807) is 18.1 Å². The maximum atomic E-state index is 12.1. The summed E-state index contributed by atoms with van der Waals surface area (Å²) in [4.78, 5) is 20.2. The molecule has 1 fully saturated rings. The molecule has 116 valence electrons. The lowest BCUT2D eigenvalue weighted by molar-refractivity contribution is 0.0285. The Balaban J connectivity index is 2.07. The van der Waals surface area contributed by atoms with Crippen molar-refractivity contribution in [3.8, 4) is 0 Å². The third-order valence-electron chi connectivity index (χ3n) is 3.45. The van der Waals surface area contributed by atoms with Crippen molar-refractivity contribution >= 4 is 11.8 Å². The first-order valence-electron chi connectivity index (χ1n) is 7.49. The van der Waals surface area contributed by atoms with E-state index in [0.717, 1.165) is 24.3 Å². The average molecular weight is 291 g/mol. The van der Waals surface area contributed by atoms with Crippen LogP contribution in [0, 0.1) is 0 Å². The minimum atomic E-state index is -0.471. The number of nitrogens with zero attached hydrogens (tertiary/aromatic N) is 3. The molecule has 0 unspecified atom stereocenters. The number of anilines is 1. The minimum Gasteiger partial charge on any atom is -0.444 e. The highest BCUT2D eigenvalue weighted by atomic mass is 16.6. The van der Waals surface area contributed by atoms with Gasteiger partial charge in [0.15, 0.2) is 0 Å². The largest absolute Gasteiger partial charge is 0.444 e. The summed E-state index contributed by atoms with van der Waals surface area (Å²) in [6, 6.07) is 1.98. The molecule has 1 aliphatic heterocycles. The highest BCUT2D eigenvalue weighted by Crippen LogP contribution is 2.24. The second kappa shape index (κ2) is 6.33. The third-order valence-corrected chi connectivity index (χ3v) is 3.45. The number of amides is 1. The number of carbonyl (C=O) groups is 1. The first-order valence-corrected chi connectivity index (χ1v) is 7.49. The predicted molar refractivity (Wildman–Crippen MR) is 83.4 cm³/mol. The molecule has 2 rings (SSSR count). The molecule has 5 heteroatoms. The van der Waals surface area contributed by atoms with E-state index in [-0.39, 0.29) is 6.09 Å². The van der Waals surface area contributed by atoms with Crippen molar-refractivity contribution in [2.24, 2.45) is 0 Å². The standard InChI is InChI=1S/C16H25N3O2/c1-16(2,3)21-15(20)18(4)12-13-7-8-17-11-14(13)19-9-5-6-10-19/h7-8,11H,5-6,9-10,12H2,1-4H3. The van der Waals surface area contributed by atoms with Crippen molar-refractivity contribution < 1.29 is 9.53 Å². The van der Waals surface area contributed by atoms with Crippen LogP contribution in [0.5, 0.6) is 0 Å². The molecule has 1 saturated heterocycles. The van der Waals surface area contributed by atoms with Crippen molar-refractivity contribution in [3.05, 3.63) is 24.0 Å². The molecule has 21 heavy (non-hydrogen) atoms. The van der Waals surface area contributed by atoms with Gasteiger partial charge in [0.2, 0.25) is 0 Å². The molecule has 1 aromatic heterocycles. The van der Waals surface area contributed by atoms with Crippen LogP contribution in [0.4, 0.5) is 10.5 Å². The molecule has 0 N–H and O–H groups in total. The van der Waals surface area contributed by atoms with Crippen LogP contribution in [0.3, 0.4) is 0 Å². The summed E-state index contributed by atoms with van der Waals surface area (Å²) >= 11 is 0. The van der Waals surface area contributed by atoms with Gasteiger partial charge < -0.3 is 14.5 Å². The fourth-order valence-electron chi connectivity index (χ4n) is 2.45. The van der Waals surface area contributed by atoms with Crippen molar-refractivity contribution in [1.29, 1.82) is 0 Å². The third kappa shape index (κ3) is 4.34. The Kier molecular flexibility index (Phi) is 4.70. The fourth-order valence-corrected chi connectivity index (χ4v) is 2.45. The van der Waals surface area contributed by atoms with Gasteiger partial charge in [-0.25, -0.2) is 4.79 Å². The van der Waals surface area contributed by atoms with E-state index < -0.39 is 5.60 Å². The number of hydrogen-bond donors (Lipinski definition) is 0. The molecule has 0 bridgehead atoms. The van der Waals surface area contributed by atoms with E-state index in [1.165, 1.54) is 12.8 Å². The smallest absolute Gasteiger partial charge is 0.410 e.